The van der Waals surface area contributed by atoms with E-state index in [2.05, 4.69) is 264 Å². The maximum absolute atomic E-state index is 6.51. The first kappa shape index (κ1) is 40.1. The van der Waals surface area contributed by atoms with Gasteiger partial charge in [-0.3, -0.25) is 0 Å². The predicted octanol–water partition coefficient (Wildman–Crippen LogP) is 18.5. The van der Waals surface area contributed by atoms with E-state index in [9.17, 15) is 0 Å². The van der Waals surface area contributed by atoms with Crippen molar-refractivity contribution in [1.29, 1.82) is 0 Å². The van der Waals surface area contributed by atoms with E-state index in [1.54, 1.807) is 0 Å². The highest BCUT2D eigenvalue weighted by Crippen LogP contribution is 2.47. The van der Waals surface area contributed by atoms with E-state index in [4.69, 9.17) is 4.42 Å². The standard InChI is InChI=1S/C66H44N2O/c1-2-19-45(20-3-1)50-21-4-5-23-53(50)54-24-6-7-25-55(54)56-26-9-14-33-62(56)67(49-43-39-47(40-44-49)52-30-18-31-60-59-29-12-17-36-65(59)69-66(52)60)48-41-37-46(38-42-48)51-22-8-13-32-61(51)68-63-34-15-10-27-57(63)58-28-11-16-35-64(58)68/h1-44H. The maximum atomic E-state index is 6.51. The van der Waals surface area contributed by atoms with Crippen LogP contribution in [0.15, 0.2) is 271 Å². The van der Waals surface area contributed by atoms with Crippen molar-refractivity contribution in [2.75, 3.05) is 4.90 Å². The minimum atomic E-state index is 0.896. The molecule has 13 rings (SSSR count). The minimum absolute atomic E-state index is 0.896. The molecule has 69 heavy (non-hydrogen) atoms. The van der Waals surface area contributed by atoms with Crippen molar-refractivity contribution < 1.29 is 4.42 Å². The van der Waals surface area contributed by atoms with Gasteiger partial charge in [0.15, 0.2) is 0 Å². The summed E-state index contributed by atoms with van der Waals surface area (Å²) >= 11 is 0. The van der Waals surface area contributed by atoms with Gasteiger partial charge in [0, 0.05) is 49.6 Å². The lowest BCUT2D eigenvalue weighted by Crippen LogP contribution is -2.11. The fourth-order valence-electron chi connectivity index (χ4n) is 10.5. The van der Waals surface area contributed by atoms with Crippen LogP contribution in [0.3, 0.4) is 0 Å². The molecule has 0 radical (unpaired) electrons. The monoisotopic (exact) mass is 880 g/mol. The van der Waals surface area contributed by atoms with Gasteiger partial charge >= 0.3 is 0 Å². The zero-order valence-electron chi connectivity index (χ0n) is 37.7. The van der Waals surface area contributed by atoms with Gasteiger partial charge in [-0.2, -0.15) is 0 Å². The summed E-state index contributed by atoms with van der Waals surface area (Å²) in [6.45, 7) is 0. The number of rotatable bonds is 9. The molecule has 0 atom stereocenters. The number of hydrogen-bond acceptors (Lipinski definition) is 2. The molecule has 0 unspecified atom stereocenters. The van der Waals surface area contributed by atoms with Crippen LogP contribution in [0, 0.1) is 0 Å². The molecule has 324 valence electrons. The Labute approximate surface area is 401 Å². The first-order valence-electron chi connectivity index (χ1n) is 23.6. The SMILES string of the molecule is c1ccc(-c2ccccc2-c2ccccc2-c2ccccc2N(c2ccc(-c3ccccc3-n3c4ccccc4c4ccccc43)cc2)c2ccc(-c3cccc4c3oc3ccccc34)cc2)cc1. The number of para-hydroxylation sites is 6. The molecular weight excluding hydrogens is 837 g/mol. The Hall–Kier alpha value is -9.18. The van der Waals surface area contributed by atoms with Crippen molar-refractivity contribution in [1.82, 2.24) is 4.57 Å². The van der Waals surface area contributed by atoms with Gasteiger partial charge < -0.3 is 13.9 Å². The summed E-state index contributed by atoms with van der Waals surface area (Å²) in [6, 6.07) is 96.1. The van der Waals surface area contributed by atoms with Crippen LogP contribution in [0.1, 0.15) is 0 Å². The Kier molecular flexibility index (Phi) is 9.84. The zero-order valence-corrected chi connectivity index (χ0v) is 37.7. The molecule has 0 aliphatic heterocycles. The Morgan fingerprint density at radius 1 is 0.275 bits per heavy atom. The fourth-order valence-corrected chi connectivity index (χ4v) is 10.5. The lowest BCUT2D eigenvalue weighted by Gasteiger charge is -2.29. The molecule has 11 aromatic carbocycles. The Bertz CT molecular complexity index is 3960. The molecule has 0 N–H and O–H groups in total. The van der Waals surface area contributed by atoms with E-state index < -0.39 is 0 Å². The smallest absolute Gasteiger partial charge is 0.143 e. The van der Waals surface area contributed by atoms with Gasteiger partial charge in [0.25, 0.3) is 0 Å². The number of hydrogen-bond donors (Lipinski definition) is 0. The fraction of sp³-hybridized carbons (Fsp3) is 0. The highest BCUT2D eigenvalue weighted by Gasteiger charge is 2.22. The van der Waals surface area contributed by atoms with Crippen LogP contribution < -0.4 is 4.90 Å². The first-order valence-corrected chi connectivity index (χ1v) is 23.6. The molecule has 0 fully saturated rings. The number of aromatic nitrogens is 1. The molecule has 0 amide bonds. The van der Waals surface area contributed by atoms with Gasteiger partial charge in [-0.05, 0) is 93.5 Å². The molecular formula is C66H44N2O. The second-order valence-electron chi connectivity index (χ2n) is 17.6. The van der Waals surface area contributed by atoms with E-state index >= 15 is 0 Å². The molecule has 0 aliphatic carbocycles. The average molecular weight is 881 g/mol. The topological polar surface area (TPSA) is 21.3 Å². The molecule has 2 aromatic heterocycles. The second kappa shape index (κ2) is 16.9. The van der Waals surface area contributed by atoms with Crippen molar-refractivity contribution in [3.8, 4) is 61.3 Å². The van der Waals surface area contributed by atoms with Crippen molar-refractivity contribution >= 4 is 60.8 Å². The lowest BCUT2D eigenvalue weighted by atomic mass is 9.88. The summed E-state index contributed by atoms with van der Waals surface area (Å²) in [4.78, 5) is 2.41. The molecule has 0 aliphatic rings. The quantitative estimate of drug-likeness (QED) is 0.144. The van der Waals surface area contributed by atoms with Gasteiger partial charge in [0.2, 0.25) is 0 Å². The van der Waals surface area contributed by atoms with Crippen LogP contribution >= 0.6 is 0 Å². The van der Waals surface area contributed by atoms with Crippen LogP contribution in [-0.2, 0) is 0 Å². The summed E-state index contributed by atoms with van der Waals surface area (Å²) in [5.74, 6) is 0. The summed E-state index contributed by atoms with van der Waals surface area (Å²) in [5.41, 5.74) is 20.0. The van der Waals surface area contributed by atoms with E-state index in [1.165, 1.54) is 44.1 Å². The van der Waals surface area contributed by atoms with Crippen molar-refractivity contribution in [3.05, 3.63) is 267 Å². The second-order valence-corrected chi connectivity index (χ2v) is 17.6. The molecule has 0 spiro atoms. The van der Waals surface area contributed by atoms with Crippen LogP contribution in [0.25, 0.3) is 105 Å². The van der Waals surface area contributed by atoms with Crippen LogP contribution in [0.2, 0.25) is 0 Å². The minimum Gasteiger partial charge on any atom is -0.455 e. The van der Waals surface area contributed by atoms with Gasteiger partial charge in [0.1, 0.15) is 11.2 Å². The summed E-state index contributed by atoms with van der Waals surface area (Å²) in [6.07, 6.45) is 0. The van der Waals surface area contributed by atoms with Crippen LogP contribution in [0.4, 0.5) is 17.1 Å². The van der Waals surface area contributed by atoms with Gasteiger partial charge in [-0.1, -0.05) is 212 Å². The third-order valence-electron chi connectivity index (χ3n) is 13.7. The Balaban J connectivity index is 0.965. The molecule has 0 bridgehead atoms. The number of nitrogens with zero attached hydrogens (tertiary/aromatic N) is 2. The molecule has 0 saturated heterocycles. The summed E-state index contributed by atoms with van der Waals surface area (Å²) < 4.78 is 8.93. The highest BCUT2D eigenvalue weighted by molar-refractivity contribution is 6.11. The molecule has 13 aromatic rings. The van der Waals surface area contributed by atoms with Gasteiger partial charge in [0.05, 0.1) is 22.4 Å². The molecule has 2 heterocycles. The van der Waals surface area contributed by atoms with Gasteiger partial charge in [-0.25, -0.2) is 0 Å². The van der Waals surface area contributed by atoms with Crippen molar-refractivity contribution in [2.24, 2.45) is 0 Å². The van der Waals surface area contributed by atoms with Crippen molar-refractivity contribution in [2.45, 2.75) is 0 Å². The maximum Gasteiger partial charge on any atom is 0.143 e. The Morgan fingerprint density at radius 2 is 0.710 bits per heavy atom. The molecule has 0 saturated carbocycles. The lowest BCUT2D eigenvalue weighted by molar-refractivity contribution is 0.670. The third kappa shape index (κ3) is 6.91. The van der Waals surface area contributed by atoms with Gasteiger partial charge in [-0.15, -0.1) is 0 Å². The van der Waals surface area contributed by atoms with Crippen molar-refractivity contribution in [3.63, 3.8) is 0 Å². The van der Waals surface area contributed by atoms with Crippen LogP contribution in [0.5, 0.6) is 0 Å². The number of benzene rings is 11. The largest absolute Gasteiger partial charge is 0.455 e. The zero-order chi connectivity index (χ0) is 45.7. The summed E-state index contributed by atoms with van der Waals surface area (Å²) in [7, 11) is 0. The van der Waals surface area contributed by atoms with E-state index in [1.807, 2.05) is 12.1 Å². The normalized spacial score (nSPS) is 11.5. The van der Waals surface area contributed by atoms with E-state index in [-0.39, 0.29) is 0 Å². The number of furan rings is 1. The van der Waals surface area contributed by atoms with E-state index in [0.29, 0.717) is 0 Å². The number of anilines is 3. The summed E-state index contributed by atoms with van der Waals surface area (Å²) in [5, 5.41) is 4.74. The third-order valence-corrected chi connectivity index (χ3v) is 13.7. The molecule has 3 nitrogen and oxygen atoms in total. The molecule has 3 heteroatoms. The number of fused-ring (bicyclic) bond motifs is 6. The van der Waals surface area contributed by atoms with E-state index in [0.717, 1.165) is 78.1 Å². The van der Waals surface area contributed by atoms with Crippen LogP contribution in [-0.4, -0.2) is 4.57 Å². The highest BCUT2D eigenvalue weighted by atomic mass is 16.3. The first-order chi connectivity index (χ1) is 34.3. The predicted molar refractivity (Wildman–Crippen MR) is 290 cm³/mol. The Morgan fingerprint density at radius 3 is 1.38 bits per heavy atom. The average Bonchev–Trinajstić information content (AvgIpc) is 3.98.